The second kappa shape index (κ2) is 12.4. The van der Waals surface area contributed by atoms with Crippen molar-refractivity contribution in [3.8, 4) is 11.5 Å². The summed E-state index contributed by atoms with van der Waals surface area (Å²) in [4.78, 5) is 22.0. The molecule has 3 N–H and O–H groups in total. The summed E-state index contributed by atoms with van der Waals surface area (Å²) in [5.41, 5.74) is 0.863. The molecule has 0 unspecified atom stereocenters. The third-order valence-corrected chi connectivity index (χ3v) is 4.09. The van der Waals surface area contributed by atoms with E-state index < -0.39 is 11.9 Å². The van der Waals surface area contributed by atoms with Gasteiger partial charge in [-0.2, -0.15) is 0 Å². The minimum atomic E-state index is -1.09. The number of ether oxygens (including phenoxy) is 1. The Hall–Kier alpha value is -3.02. The number of esters is 1. The summed E-state index contributed by atoms with van der Waals surface area (Å²) in [6.45, 7) is 4.42. The first kappa shape index (κ1) is 23.0. The number of phenols is 2. The number of benzene rings is 2. The third-order valence-electron chi connectivity index (χ3n) is 4.09. The first-order chi connectivity index (χ1) is 13.4. The fourth-order valence-electron chi connectivity index (χ4n) is 2.47. The standard InChI is InChI=1S/C13H18O3.C9H10O3/c1-2-3-4-7-10-16-13(15)11-8-5-6-9-12(11)14;1-2-6-4-3-5-7(8(6)10)9(11)12/h5-6,8-9,14H,2-4,7,10H2,1H3;3-5,10H,2H2,1H3,(H,11,12). The van der Waals surface area contributed by atoms with E-state index in [4.69, 9.17) is 9.84 Å². The minimum Gasteiger partial charge on any atom is -0.507 e. The highest BCUT2D eigenvalue weighted by Gasteiger charge is 2.11. The molecule has 0 radical (unpaired) electrons. The molecule has 0 bridgehead atoms. The lowest BCUT2D eigenvalue weighted by Gasteiger charge is -2.05. The lowest BCUT2D eigenvalue weighted by Crippen LogP contribution is -2.06. The van der Waals surface area contributed by atoms with Crippen LogP contribution in [0, 0.1) is 0 Å². The predicted molar refractivity (Wildman–Crippen MR) is 107 cm³/mol. The second-order valence-electron chi connectivity index (χ2n) is 6.19. The van der Waals surface area contributed by atoms with Gasteiger partial charge in [0.1, 0.15) is 22.6 Å². The molecule has 0 aliphatic carbocycles. The molecule has 152 valence electrons. The number of rotatable bonds is 8. The number of carbonyl (C=O) groups excluding carboxylic acids is 1. The van der Waals surface area contributed by atoms with Gasteiger partial charge in [-0.1, -0.05) is 57.4 Å². The van der Waals surface area contributed by atoms with Crippen LogP contribution in [0.5, 0.6) is 11.5 Å². The number of aryl methyl sites for hydroxylation is 1. The number of hydrogen-bond acceptors (Lipinski definition) is 5. The zero-order chi connectivity index (χ0) is 20.9. The van der Waals surface area contributed by atoms with Crippen LogP contribution in [0.25, 0.3) is 0 Å². The van der Waals surface area contributed by atoms with Gasteiger partial charge in [-0.15, -0.1) is 0 Å². The Bertz CT molecular complexity index is 769. The molecule has 0 fully saturated rings. The fourth-order valence-corrected chi connectivity index (χ4v) is 2.47. The van der Waals surface area contributed by atoms with Crippen LogP contribution in [0.4, 0.5) is 0 Å². The van der Waals surface area contributed by atoms with Crippen LogP contribution in [0.2, 0.25) is 0 Å². The van der Waals surface area contributed by atoms with Crippen LogP contribution in [0.1, 0.15) is 65.8 Å². The molecule has 28 heavy (non-hydrogen) atoms. The van der Waals surface area contributed by atoms with Gasteiger partial charge in [0, 0.05) is 0 Å². The number of carbonyl (C=O) groups is 2. The highest BCUT2D eigenvalue weighted by molar-refractivity contribution is 5.92. The van der Waals surface area contributed by atoms with Crippen LogP contribution in [-0.2, 0) is 11.2 Å². The topological polar surface area (TPSA) is 104 Å². The SMILES string of the molecule is CCCCCCOC(=O)c1ccccc1O.CCc1cccc(C(=O)O)c1O. The molecule has 0 heterocycles. The van der Waals surface area contributed by atoms with Crippen molar-refractivity contribution in [2.24, 2.45) is 0 Å². The van der Waals surface area contributed by atoms with Crippen LogP contribution in [0.3, 0.4) is 0 Å². The van der Waals surface area contributed by atoms with Gasteiger partial charge in [-0.05, 0) is 36.6 Å². The van der Waals surface area contributed by atoms with Crippen molar-refractivity contribution in [1.29, 1.82) is 0 Å². The van der Waals surface area contributed by atoms with Gasteiger partial charge in [0.2, 0.25) is 0 Å². The molecule has 0 aliphatic rings. The van der Waals surface area contributed by atoms with Gasteiger partial charge in [0.25, 0.3) is 0 Å². The molecule has 6 heteroatoms. The van der Waals surface area contributed by atoms with Crippen LogP contribution >= 0.6 is 0 Å². The Labute approximate surface area is 165 Å². The number of unbranched alkanes of at least 4 members (excludes halogenated alkanes) is 3. The monoisotopic (exact) mass is 388 g/mol. The van der Waals surface area contributed by atoms with Crippen molar-refractivity contribution in [1.82, 2.24) is 0 Å². The van der Waals surface area contributed by atoms with E-state index in [9.17, 15) is 19.8 Å². The average Bonchev–Trinajstić information content (AvgIpc) is 2.68. The molecule has 0 aromatic heterocycles. The maximum atomic E-state index is 11.5. The van der Waals surface area contributed by atoms with E-state index in [0.717, 1.165) is 25.7 Å². The number of hydrogen-bond donors (Lipinski definition) is 3. The van der Waals surface area contributed by atoms with Gasteiger partial charge in [0.05, 0.1) is 6.61 Å². The lowest BCUT2D eigenvalue weighted by molar-refractivity contribution is 0.0494. The molecule has 0 aliphatic heterocycles. The predicted octanol–water partition coefficient (Wildman–Crippen LogP) is 4.78. The van der Waals surface area contributed by atoms with Crippen molar-refractivity contribution >= 4 is 11.9 Å². The van der Waals surface area contributed by atoms with E-state index in [2.05, 4.69) is 6.92 Å². The van der Waals surface area contributed by atoms with Crippen molar-refractivity contribution in [2.45, 2.75) is 46.0 Å². The number of para-hydroxylation sites is 2. The summed E-state index contributed by atoms with van der Waals surface area (Å²) in [5, 5.41) is 27.4. The molecular weight excluding hydrogens is 360 g/mol. The third kappa shape index (κ3) is 7.31. The highest BCUT2D eigenvalue weighted by atomic mass is 16.5. The van der Waals surface area contributed by atoms with Crippen molar-refractivity contribution in [2.75, 3.05) is 6.61 Å². The number of aromatic carboxylic acids is 1. The maximum Gasteiger partial charge on any atom is 0.341 e. The van der Waals surface area contributed by atoms with Gasteiger partial charge in [-0.3, -0.25) is 0 Å². The van der Waals surface area contributed by atoms with Crippen LogP contribution in [0.15, 0.2) is 42.5 Å². The Balaban J connectivity index is 0.000000292. The Morgan fingerprint density at radius 1 is 0.893 bits per heavy atom. The smallest absolute Gasteiger partial charge is 0.341 e. The van der Waals surface area contributed by atoms with E-state index >= 15 is 0 Å². The molecule has 0 atom stereocenters. The minimum absolute atomic E-state index is 0.0268. The summed E-state index contributed by atoms with van der Waals surface area (Å²) in [6, 6.07) is 11.1. The lowest BCUT2D eigenvalue weighted by atomic mass is 10.1. The Kier molecular flexibility index (Phi) is 10.2. The maximum absolute atomic E-state index is 11.5. The van der Waals surface area contributed by atoms with Crippen molar-refractivity contribution < 1.29 is 29.6 Å². The van der Waals surface area contributed by atoms with E-state index in [1.807, 2.05) is 6.92 Å². The first-order valence-corrected chi connectivity index (χ1v) is 9.41. The molecule has 0 saturated carbocycles. The zero-order valence-corrected chi connectivity index (χ0v) is 16.4. The zero-order valence-electron chi connectivity index (χ0n) is 16.4. The Morgan fingerprint density at radius 3 is 2.18 bits per heavy atom. The Morgan fingerprint density at radius 2 is 1.57 bits per heavy atom. The molecule has 0 saturated heterocycles. The normalized spacial score (nSPS) is 9.93. The van der Waals surface area contributed by atoms with E-state index in [0.29, 0.717) is 18.6 Å². The fraction of sp³-hybridized carbons (Fsp3) is 0.364. The van der Waals surface area contributed by atoms with Crippen LogP contribution in [-0.4, -0.2) is 33.9 Å². The van der Waals surface area contributed by atoms with E-state index in [-0.39, 0.29) is 22.6 Å². The molecule has 2 aromatic carbocycles. The molecule has 2 rings (SSSR count). The van der Waals surface area contributed by atoms with E-state index in [1.54, 1.807) is 30.3 Å². The number of aromatic hydroxyl groups is 2. The summed E-state index contributed by atoms with van der Waals surface area (Å²) in [6.07, 6.45) is 4.91. The van der Waals surface area contributed by atoms with Gasteiger partial charge in [0.15, 0.2) is 0 Å². The van der Waals surface area contributed by atoms with Crippen LogP contribution < -0.4 is 0 Å². The summed E-state index contributed by atoms with van der Waals surface area (Å²) in [5.74, 6) is -1.69. The van der Waals surface area contributed by atoms with Gasteiger partial charge < -0.3 is 20.1 Å². The van der Waals surface area contributed by atoms with Crippen molar-refractivity contribution in [3.05, 3.63) is 59.2 Å². The van der Waals surface area contributed by atoms with Gasteiger partial charge >= 0.3 is 11.9 Å². The first-order valence-electron chi connectivity index (χ1n) is 9.41. The molecule has 0 spiro atoms. The van der Waals surface area contributed by atoms with Gasteiger partial charge in [-0.25, -0.2) is 9.59 Å². The average molecular weight is 388 g/mol. The number of carboxylic acids is 1. The molecule has 2 aromatic rings. The summed E-state index contributed by atoms with van der Waals surface area (Å²) < 4.78 is 5.06. The molecule has 0 amide bonds. The second-order valence-corrected chi connectivity index (χ2v) is 6.19. The van der Waals surface area contributed by atoms with Crippen molar-refractivity contribution in [3.63, 3.8) is 0 Å². The van der Waals surface area contributed by atoms with E-state index in [1.165, 1.54) is 12.1 Å². The molecule has 6 nitrogen and oxygen atoms in total. The summed E-state index contributed by atoms with van der Waals surface area (Å²) >= 11 is 0. The number of phenolic OH excluding ortho intramolecular Hbond substituents is 1. The highest BCUT2D eigenvalue weighted by Crippen LogP contribution is 2.22. The molecular formula is C22H28O6. The summed E-state index contributed by atoms with van der Waals surface area (Å²) in [7, 11) is 0. The number of carboxylic acid groups (broad SMARTS) is 1. The quantitative estimate of drug-likeness (QED) is 0.444. The largest absolute Gasteiger partial charge is 0.507 e.